The lowest BCUT2D eigenvalue weighted by Crippen LogP contribution is -2.54. The van der Waals surface area contributed by atoms with Gasteiger partial charge < -0.3 is 15.4 Å². The predicted octanol–water partition coefficient (Wildman–Crippen LogP) is 2.99. The van der Waals surface area contributed by atoms with Gasteiger partial charge in [-0.1, -0.05) is 63.2 Å². The number of nitrogens with zero attached hydrogens (tertiary/aromatic N) is 1. The van der Waals surface area contributed by atoms with Gasteiger partial charge in [0.05, 0.1) is 7.11 Å². The number of esters is 1. The van der Waals surface area contributed by atoms with E-state index in [1.165, 1.54) is 7.11 Å². The van der Waals surface area contributed by atoms with Crippen molar-refractivity contribution in [2.45, 2.75) is 71.5 Å². The second-order valence-corrected chi connectivity index (χ2v) is 8.56. The van der Waals surface area contributed by atoms with Gasteiger partial charge in [0.15, 0.2) is 6.04 Å². The molecule has 1 rings (SSSR count). The summed E-state index contributed by atoms with van der Waals surface area (Å²) in [5.74, 6) is -1.23. The van der Waals surface area contributed by atoms with Crippen LogP contribution in [0.15, 0.2) is 35.5 Å². The SMILES string of the molecule is COC(=O)C(Cc1ccccc1)NC(=O)C(CCC(C)C)NC(=O)C(CC(C)C)N=O. The fourth-order valence-electron chi connectivity index (χ4n) is 3.14. The molecule has 0 heterocycles. The molecule has 0 aliphatic carbocycles. The highest BCUT2D eigenvalue weighted by Gasteiger charge is 2.30. The van der Waals surface area contributed by atoms with Gasteiger partial charge in [0.25, 0.3) is 0 Å². The topological polar surface area (TPSA) is 114 Å². The van der Waals surface area contributed by atoms with Crippen molar-refractivity contribution in [2.24, 2.45) is 17.0 Å². The minimum atomic E-state index is -1.06. The molecular formula is C23H35N3O5. The molecule has 8 heteroatoms. The monoisotopic (exact) mass is 433 g/mol. The van der Waals surface area contributed by atoms with E-state index in [1.54, 1.807) is 0 Å². The molecule has 0 aliphatic rings. The van der Waals surface area contributed by atoms with Crippen LogP contribution in [-0.2, 0) is 25.5 Å². The summed E-state index contributed by atoms with van der Waals surface area (Å²) in [7, 11) is 1.26. The number of nitrogens with one attached hydrogen (secondary N) is 2. The lowest BCUT2D eigenvalue weighted by Gasteiger charge is -2.24. The molecular weight excluding hydrogens is 398 g/mol. The predicted molar refractivity (Wildman–Crippen MR) is 119 cm³/mol. The number of methoxy groups -OCH3 is 1. The summed E-state index contributed by atoms with van der Waals surface area (Å²) in [4.78, 5) is 49.0. The highest BCUT2D eigenvalue weighted by molar-refractivity contribution is 5.92. The zero-order valence-corrected chi connectivity index (χ0v) is 19.1. The fourth-order valence-corrected chi connectivity index (χ4v) is 3.14. The number of benzene rings is 1. The second-order valence-electron chi connectivity index (χ2n) is 8.56. The normalized spacial score (nSPS) is 13.9. The van der Waals surface area contributed by atoms with Gasteiger partial charge in [-0.15, -0.1) is 4.91 Å². The van der Waals surface area contributed by atoms with Crippen LogP contribution < -0.4 is 10.6 Å². The first-order valence-corrected chi connectivity index (χ1v) is 10.7. The van der Waals surface area contributed by atoms with Crippen molar-refractivity contribution in [3.63, 3.8) is 0 Å². The Balaban J connectivity index is 2.96. The van der Waals surface area contributed by atoms with Crippen molar-refractivity contribution >= 4 is 17.8 Å². The van der Waals surface area contributed by atoms with Gasteiger partial charge in [-0.05, 0) is 36.7 Å². The minimum absolute atomic E-state index is 0.103. The zero-order valence-electron chi connectivity index (χ0n) is 19.1. The number of hydrogen-bond acceptors (Lipinski definition) is 6. The van der Waals surface area contributed by atoms with E-state index < -0.39 is 35.9 Å². The molecule has 0 saturated heterocycles. The van der Waals surface area contributed by atoms with E-state index in [4.69, 9.17) is 4.74 Å². The van der Waals surface area contributed by atoms with Crippen LogP contribution in [0.4, 0.5) is 0 Å². The first-order valence-electron chi connectivity index (χ1n) is 10.7. The van der Waals surface area contributed by atoms with Gasteiger partial charge >= 0.3 is 5.97 Å². The Labute approximate surface area is 184 Å². The molecule has 0 spiro atoms. The molecule has 3 unspecified atom stereocenters. The van der Waals surface area contributed by atoms with E-state index in [9.17, 15) is 19.3 Å². The van der Waals surface area contributed by atoms with Crippen LogP contribution >= 0.6 is 0 Å². The molecule has 0 aliphatic heterocycles. The summed E-state index contributed by atoms with van der Waals surface area (Å²) in [5.41, 5.74) is 0.864. The van der Waals surface area contributed by atoms with Crippen LogP contribution in [0.5, 0.6) is 0 Å². The zero-order chi connectivity index (χ0) is 23.4. The number of carbonyl (C=O) groups excluding carboxylic acids is 3. The van der Waals surface area contributed by atoms with E-state index >= 15 is 0 Å². The van der Waals surface area contributed by atoms with Crippen molar-refractivity contribution in [3.05, 3.63) is 40.8 Å². The maximum Gasteiger partial charge on any atom is 0.328 e. The van der Waals surface area contributed by atoms with E-state index in [0.717, 1.165) is 5.56 Å². The number of hydrogen-bond donors (Lipinski definition) is 2. The molecule has 0 radical (unpaired) electrons. The van der Waals surface area contributed by atoms with E-state index in [0.29, 0.717) is 25.2 Å². The Morgan fingerprint density at radius 2 is 1.52 bits per heavy atom. The summed E-state index contributed by atoms with van der Waals surface area (Å²) in [6.45, 7) is 7.80. The first-order chi connectivity index (χ1) is 14.7. The number of amides is 2. The Hall–Kier alpha value is -2.77. The Bertz CT molecular complexity index is 721. The van der Waals surface area contributed by atoms with Crippen molar-refractivity contribution in [3.8, 4) is 0 Å². The van der Waals surface area contributed by atoms with Gasteiger partial charge in [0.1, 0.15) is 12.1 Å². The average Bonchev–Trinajstić information content (AvgIpc) is 2.73. The van der Waals surface area contributed by atoms with Crippen LogP contribution in [0.3, 0.4) is 0 Å². The van der Waals surface area contributed by atoms with Gasteiger partial charge in [0.2, 0.25) is 11.8 Å². The van der Waals surface area contributed by atoms with E-state index in [1.807, 2.05) is 58.0 Å². The van der Waals surface area contributed by atoms with Crippen LogP contribution in [0, 0.1) is 16.7 Å². The van der Waals surface area contributed by atoms with Gasteiger partial charge in [-0.25, -0.2) is 4.79 Å². The fraction of sp³-hybridized carbons (Fsp3) is 0.609. The maximum atomic E-state index is 13.0. The lowest BCUT2D eigenvalue weighted by molar-refractivity contribution is -0.145. The number of ether oxygens (including phenoxy) is 1. The van der Waals surface area contributed by atoms with E-state index in [2.05, 4.69) is 15.8 Å². The van der Waals surface area contributed by atoms with Gasteiger partial charge in [0, 0.05) is 6.42 Å². The molecule has 2 N–H and O–H groups in total. The molecule has 2 amide bonds. The Kier molecular flexibility index (Phi) is 11.5. The molecule has 0 fully saturated rings. The Morgan fingerprint density at radius 1 is 0.903 bits per heavy atom. The van der Waals surface area contributed by atoms with Crippen LogP contribution in [0.2, 0.25) is 0 Å². The molecule has 1 aromatic rings. The third-order valence-electron chi connectivity index (χ3n) is 4.88. The highest BCUT2D eigenvalue weighted by Crippen LogP contribution is 2.12. The molecule has 172 valence electrons. The number of nitroso groups, excluding NO2 is 1. The van der Waals surface area contributed by atoms with Crippen molar-refractivity contribution in [1.29, 1.82) is 0 Å². The quantitative estimate of drug-likeness (QED) is 0.367. The largest absolute Gasteiger partial charge is 0.467 e. The Morgan fingerprint density at radius 3 is 2.03 bits per heavy atom. The van der Waals surface area contributed by atoms with Gasteiger partial charge in [-0.3, -0.25) is 9.59 Å². The molecule has 0 aromatic heterocycles. The van der Waals surface area contributed by atoms with E-state index in [-0.39, 0.29) is 12.3 Å². The smallest absolute Gasteiger partial charge is 0.328 e. The van der Waals surface area contributed by atoms with Crippen LogP contribution in [0.1, 0.15) is 52.5 Å². The third-order valence-corrected chi connectivity index (χ3v) is 4.88. The standard InChI is InChI=1S/C23H35N3O5/c1-15(2)11-12-18(24-22(28)19(26-30)13-16(3)4)21(27)25-20(23(29)31-5)14-17-9-7-6-8-10-17/h6-10,15-16,18-20H,11-14H2,1-5H3,(H,24,28)(H,25,27). The summed E-state index contributed by atoms with van der Waals surface area (Å²) in [6, 6.07) is 6.43. The third kappa shape index (κ3) is 9.72. The van der Waals surface area contributed by atoms with Crippen LogP contribution in [-0.4, -0.2) is 43.0 Å². The van der Waals surface area contributed by atoms with Crippen LogP contribution in [0.25, 0.3) is 0 Å². The molecule has 3 atom stereocenters. The second kappa shape index (κ2) is 13.5. The lowest BCUT2D eigenvalue weighted by atomic mass is 10.00. The number of rotatable bonds is 13. The molecule has 1 aromatic carbocycles. The average molecular weight is 434 g/mol. The van der Waals surface area contributed by atoms with Gasteiger partial charge in [-0.2, -0.15) is 0 Å². The number of carbonyl (C=O) groups is 3. The van der Waals surface area contributed by atoms with Crippen molar-refractivity contribution < 1.29 is 19.1 Å². The summed E-state index contributed by atoms with van der Waals surface area (Å²) in [6.07, 6.45) is 1.62. The summed E-state index contributed by atoms with van der Waals surface area (Å²) in [5, 5.41) is 8.29. The summed E-state index contributed by atoms with van der Waals surface area (Å²) < 4.78 is 4.85. The summed E-state index contributed by atoms with van der Waals surface area (Å²) >= 11 is 0. The van der Waals surface area contributed by atoms with Crippen molar-refractivity contribution in [2.75, 3.05) is 7.11 Å². The molecule has 8 nitrogen and oxygen atoms in total. The highest BCUT2D eigenvalue weighted by atomic mass is 16.5. The molecule has 0 bridgehead atoms. The first kappa shape index (κ1) is 26.3. The maximum absolute atomic E-state index is 13.0. The molecule has 0 saturated carbocycles. The van der Waals surface area contributed by atoms with Crippen molar-refractivity contribution in [1.82, 2.24) is 10.6 Å². The minimum Gasteiger partial charge on any atom is -0.467 e. The molecule has 31 heavy (non-hydrogen) atoms.